The van der Waals surface area contributed by atoms with E-state index in [1.165, 1.54) is 19.0 Å². The third-order valence-electron chi connectivity index (χ3n) is 2.70. The molecule has 0 saturated heterocycles. The Morgan fingerprint density at radius 1 is 1.33 bits per heavy atom. The Morgan fingerprint density at radius 3 is 2.50 bits per heavy atom. The second-order valence-corrected chi connectivity index (χ2v) is 3.94. The van der Waals surface area contributed by atoms with Crippen molar-refractivity contribution in [2.24, 2.45) is 0 Å². The molecule has 1 aromatic carbocycles. The molecule has 98 valence electrons. The molecule has 0 aromatic heterocycles. The van der Waals surface area contributed by atoms with Gasteiger partial charge in [0.2, 0.25) is 5.91 Å². The average molecular weight is 250 g/mol. The summed E-state index contributed by atoms with van der Waals surface area (Å²) in [7, 11) is 3.06. The Morgan fingerprint density at radius 2 is 1.94 bits per heavy atom. The lowest BCUT2D eigenvalue weighted by molar-refractivity contribution is -0.124. The van der Waals surface area contributed by atoms with Gasteiger partial charge in [-0.2, -0.15) is 0 Å². The van der Waals surface area contributed by atoms with Gasteiger partial charge in [-0.15, -0.1) is 0 Å². The van der Waals surface area contributed by atoms with Gasteiger partial charge < -0.3 is 10.1 Å². The van der Waals surface area contributed by atoms with Crippen molar-refractivity contribution in [3.05, 3.63) is 35.9 Å². The fourth-order valence-corrected chi connectivity index (χ4v) is 1.36. The van der Waals surface area contributed by atoms with E-state index >= 15 is 0 Å². The van der Waals surface area contributed by atoms with Gasteiger partial charge >= 0.3 is 6.09 Å². The maximum atomic E-state index is 11.7. The molecular formula is C13H18N2O3. The zero-order valence-electron chi connectivity index (χ0n) is 10.8. The molecule has 2 amide bonds. The van der Waals surface area contributed by atoms with E-state index in [0.717, 1.165) is 5.56 Å². The van der Waals surface area contributed by atoms with Gasteiger partial charge in [-0.3, -0.25) is 9.69 Å². The molecule has 5 heteroatoms. The first-order valence-corrected chi connectivity index (χ1v) is 5.71. The van der Waals surface area contributed by atoms with E-state index in [4.69, 9.17) is 4.74 Å². The molecule has 1 aromatic rings. The number of likely N-dealkylation sites (N-methyl/N-ethyl adjacent to an activating group) is 2. The van der Waals surface area contributed by atoms with Gasteiger partial charge in [0.15, 0.2) is 0 Å². The molecule has 0 bridgehead atoms. The zero-order chi connectivity index (χ0) is 13.5. The lowest BCUT2D eigenvalue weighted by atomic mass is 10.2. The number of nitrogens with zero attached hydrogens (tertiary/aromatic N) is 1. The highest BCUT2D eigenvalue weighted by Crippen LogP contribution is 2.04. The molecule has 0 fully saturated rings. The van der Waals surface area contributed by atoms with Crippen LogP contribution in [0, 0.1) is 0 Å². The molecular weight excluding hydrogens is 232 g/mol. The summed E-state index contributed by atoms with van der Waals surface area (Å²) >= 11 is 0. The quantitative estimate of drug-likeness (QED) is 0.878. The molecule has 0 spiro atoms. The number of nitrogens with one attached hydrogen (secondary N) is 1. The molecule has 0 radical (unpaired) electrons. The van der Waals surface area contributed by atoms with Crippen LogP contribution in [0.25, 0.3) is 0 Å². The molecule has 1 atom stereocenters. The standard InChI is InChI=1S/C13H18N2O3/c1-10(12(16)14-2)15(3)13(17)18-9-11-7-5-4-6-8-11/h4-8,10H,9H2,1-3H3,(H,14,16)/t10-/m1/s1. The zero-order valence-corrected chi connectivity index (χ0v) is 10.8. The molecule has 1 rings (SSSR count). The second-order valence-electron chi connectivity index (χ2n) is 3.94. The molecule has 18 heavy (non-hydrogen) atoms. The number of hydrogen-bond acceptors (Lipinski definition) is 3. The summed E-state index contributed by atoms with van der Waals surface area (Å²) in [6.07, 6.45) is -0.519. The van der Waals surface area contributed by atoms with Crippen LogP contribution in [0.5, 0.6) is 0 Å². The highest BCUT2D eigenvalue weighted by atomic mass is 16.6. The molecule has 1 N–H and O–H groups in total. The summed E-state index contributed by atoms with van der Waals surface area (Å²) in [6.45, 7) is 1.84. The predicted octanol–water partition coefficient (Wildman–Crippen LogP) is 1.39. The fourth-order valence-electron chi connectivity index (χ4n) is 1.36. The van der Waals surface area contributed by atoms with Gasteiger partial charge in [-0.25, -0.2) is 4.79 Å². The topological polar surface area (TPSA) is 58.6 Å². The third kappa shape index (κ3) is 3.76. The Kier molecular flexibility index (Phi) is 5.17. The van der Waals surface area contributed by atoms with Crippen LogP contribution >= 0.6 is 0 Å². The second kappa shape index (κ2) is 6.64. The summed E-state index contributed by atoms with van der Waals surface area (Å²) in [5, 5.41) is 2.49. The van der Waals surface area contributed by atoms with E-state index in [9.17, 15) is 9.59 Å². The molecule has 0 aliphatic heterocycles. The van der Waals surface area contributed by atoms with Gasteiger partial charge in [-0.1, -0.05) is 30.3 Å². The molecule has 0 aliphatic rings. The Balaban J connectivity index is 2.48. The number of carbonyl (C=O) groups excluding carboxylic acids is 2. The van der Waals surface area contributed by atoms with Crippen LogP contribution in [0.2, 0.25) is 0 Å². The van der Waals surface area contributed by atoms with Crippen molar-refractivity contribution >= 4 is 12.0 Å². The van der Waals surface area contributed by atoms with E-state index in [2.05, 4.69) is 5.32 Å². The Bertz CT molecular complexity index is 406. The van der Waals surface area contributed by atoms with Crippen molar-refractivity contribution in [3.63, 3.8) is 0 Å². The highest BCUT2D eigenvalue weighted by Gasteiger charge is 2.22. The van der Waals surface area contributed by atoms with Crippen molar-refractivity contribution in [2.75, 3.05) is 14.1 Å². The monoisotopic (exact) mass is 250 g/mol. The number of ether oxygens (including phenoxy) is 1. The number of rotatable bonds is 4. The van der Waals surface area contributed by atoms with Crippen LogP contribution in [0.1, 0.15) is 12.5 Å². The van der Waals surface area contributed by atoms with E-state index in [0.29, 0.717) is 0 Å². The molecule has 5 nitrogen and oxygen atoms in total. The number of benzene rings is 1. The minimum absolute atomic E-state index is 0.199. The molecule has 0 saturated carbocycles. The highest BCUT2D eigenvalue weighted by molar-refractivity contribution is 5.84. The van der Waals surface area contributed by atoms with E-state index in [1.54, 1.807) is 6.92 Å². The summed E-state index contributed by atoms with van der Waals surface area (Å²) in [5.74, 6) is -0.228. The van der Waals surface area contributed by atoms with Gasteiger partial charge in [0.1, 0.15) is 12.6 Å². The first-order valence-electron chi connectivity index (χ1n) is 5.71. The molecule has 0 aliphatic carbocycles. The lowest BCUT2D eigenvalue weighted by Crippen LogP contribution is -2.45. The largest absolute Gasteiger partial charge is 0.445 e. The van der Waals surface area contributed by atoms with Crippen LogP contribution in [0.3, 0.4) is 0 Å². The lowest BCUT2D eigenvalue weighted by Gasteiger charge is -2.22. The maximum absolute atomic E-state index is 11.7. The van der Waals surface area contributed by atoms with Crippen molar-refractivity contribution in [3.8, 4) is 0 Å². The van der Waals surface area contributed by atoms with Gasteiger partial charge in [0, 0.05) is 14.1 Å². The van der Waals surface area contributed by atoms with Crippen molar-refractivity contribution < 1.29 is 14.3 Å². The Hall–Kier alpha value is -2.04. The fraction of sp³-hybridized carbons (Fsp3) is 0.385. The van der Waals surface area contributed by atoms with Crippen LogP contribution in [-0.2, 0) is 16.1 Å². The van der Waals surface area contributed by atoms with Crippen LogP contribution < -0.4 is 5.32 Å². The summed E-state index contributed by atoms with van der Waals surface area (Å²) in [4.78, 5) is 24.3. The molecule has 0 unspecified atom stereocenters. The number of hydrogen-bond donors (Lipinski definition) is 1. The first kappa shape index (κ1) is 14.0. The van der Waals surface area contributed by atoms with Crippen molar-refractivity contribution in [2.45, 2.75) is 19.6 Å². The normalized spacial score (nSPS) is 11.5. The minimum atomic E-state index is -0.557. The predicted molar refractivity (Wildman–Crippen MR) is 67.9 cm³/mol. The third-order valence-corrected chi connectivity index (χ3v) is 2.70. The van der Waals surface area contributed by atoms with Gasteiger partial charge in [0.05, 0.1) is 0 Å². The Labute approximate surface area is 107 Å². The van der Waals surface area contributed by atoms with Crippen molar-refractivity contribution in [1.29, 1.82) is 0 Å². The summed E-state index contributed by atoms with van der Waals surface area (Å²) in [6, 6.07) is 8.83. The first-order chi connectivity index (χ1) is 8.56. The van der Waals surface area contributed by atoms with Crippen molar-refractivity contribution in [1.82, 2.24) is 10.2 Å². The van der Waals surface area contributed by atoms with E-state index in [1.807, 2.05) is 30.3 Å². The summed E-state index contributed by atoms with van der Waals surface area (Å²) < 4.78 is 5.11. The van der Waals surface area contributed by atoms with E-state index in [-0.39, 0.29) is 12.5 Å². The number of amides is 2. The smallest absolute Gasteiger partial charge is 0.410 e. The molecule has 0 heterocycles. The average Bonchev–Trinajstić information content (AvgIpc) is 2.43. The van der Waals surface area contributed by atoms with Gasteiger partial charge in [-0.05, 0) is 12.5 Å². The minimum Gasteiger partial charge on any atom is -0.445 e. The van der Waals surface area contributed by atoms with Crippen LogP contribution in [-0.4, -0.2) is 37.0 Å². The number of carbonyl (C=O) groups is 2. The maximum Gasteiger partial charge on any atom is 0.410 e. The van der Waals surface area contributed by atoms with Crippen LogP contribution in [0.4, 0.5) is 4.79 Å². The van der Waals surface area contributed by atoms with Crippen LogP contribution in [0.15, 0.2) is 30.3 Å². The SMILES string of the molecule is CNC(=O)[C@@H](C)N(C)C(=O)OCc1ccccc1. The summed E-state index contributed by atoms with van der Waals surface area (Å²) in [5.41, 5.74) is 0.909. The van der Waals surface area contributed by atoms with E-state index < -0.39 is 12.1 Å². The van der Waals surface area contributed by atoms with Gasteiger partial charge in [0.25, 0.3) is 0 Å².